The maximum absolute atomic E-state index is 13.3. The molecule has 0 saturated carbocycles. The summed E-state index contributed by atoms with van der Waals surface area (Å²) in [6.45, 7) is 5.61. The number of benzene rings is 1. The zero-order valence-electron chi connectivity index (χ0n) is 16.2. The number of allylic oxidation sites excluding steroid dienone is 2. The maximum atomic E-state index is 13.3. The standard InChI is InChI=1S/C22H21N3O2S2/c1-4-11-29-22-15(13-23)20(18-10-7-12-28-18)19(14(2)24-22)21(26)25-16-8-5-6-9-17(16)27-3/h4-10,12,20,24H,1,11H2,2-3H3,(H,25,26). The molecule has 1 aromatic heterocycles. The number of hydrogen-bond acceptors (Lipinski definition) is 6. The molecule has 0 spiro atoms. The minimum atomic E-state index is -0.428. The number of para-hydroxylation sites is 2. The summed E-state index contributed by atoms with van der Waals surface area (Å²) in [6.07, 6.45) is 1.79. The highest BCUT2D eigenvalue weighted by atomic mass is 32.2. The van der Waals surface area contributed by atoms with E-state index in [1.165, 1.54) is 23.1 Å². The number of nitriles is 1. The largest absolute Gasteiger partial charge is 0.495 e. The SMILES string of the molecule is C=CCSC1=C(C#N)C(c2cccs2)C(C(=O)Nc2ccccc2OC)=C(C)N1. The lowest BCUT2D eigenvalue weighted by atomic mass is 9.86. The van der Waals surface area contributed by atoms with Crippen molar-refractivity contribution >= 4 is 34.7 Å². The Bertz CT molecular complexity index is 1020. The molecule has 3 rings (SSSR count). The fraction of sp³-hybridized carbons (Fsp3) is 0.182. The van der Waals surface area contributed by atoms with Gasteiger partial charge in [0.15, 0.2) is 0 Å². The second kappa shape index (κ2) is 9.50. The molecule has 0 aliphatic carbocycles. The lowest BCUT2D eigenvalue weighted by molar-refractivity contribution is -0.113. The van der Waals surface area contributed by atoms with Gasteiger partial charge in [-0.15, -0.1) is 29.7 Å². The van der Waals surface area contributed by atoms with Gasteiger partial charge >= 0.3 is 0 Å². The number of carbonyl (C=O) groups is 1. The van der Waals surface area contributed by atoms with E-state index in [-0.39, 0.29) is 5.91 Å². The Hall–Kier alpha value is -2.95. The lowest BCUT2D eigenvalue weighted by Gasteiger charge is -2.29. The van der Waals surface area contributed by atoms with Gasteiger partial charge in [-0.05, 0) is 30.5 Å². The quantitative estimate of drug-likeness (QED) is 0.612. The van der Waals surface area contributed by atoms with Crippen molar-refractivity contribution in [2.24, 2.45) is 0 Å². The van der Waals surface area contributed by atoms with Crippen LogP contribution >= 0.6 is 23.1 Å². The van der Waals surface area contributed by atoms with E-state index in [0.29, 0.717) is 28.3 Å². The molecule has 1 atom stereocenters. The highest BCUT2D eigenvalue weighted by molar-refractivity contribution is 8.03. The third-order valence-corrected chi connectivity index (χ3v) is 6.37. The topological polar surface area (TPSA) is 74.2 Å². The first-order valence-electron chi connectivity index (χ1n) is 8.94. The monoisotopic (exact) mass is 423 g/mol. The Morgan fingerprint density at radius 3 is 2.86 bits per heavy atom. The number of anilines is 1. The van der Waals surface area contributed by atoms with Gasteiger partial charge in [0.2, 0.25) is 0 Å². The molecule has 1 aliphatic heterocycles. The van der Waals surface area contributed by atoms with Crippen LogP contribution in [-0.2, 0) is 4.79 Å². The van der Waals surface area contributed by atoms with Gasteiger partial charge in [0.05, 0.1) is 35.4 Å². The zero-order chi connectivity index (χ0) is 20.8. The Morgan fingerprint density at radius 2 is 2.21 bits per heavy atom. The summed E-state index contributed by atoms with van der Waals surface area (Å²) in [7, 11) is 1.56. The smallest absolute Gasteiger partial charge is 0.254 e. The fourth-order valence-electron chi connectivity index (χ4n) is 3.15. The number of nitrogens with one attached hydrogen (secondary N) is 2. The molecule has 0 radical (unpaired) electrons. The van der Waals surface area contributed by atoms with Gasteiger partial charge in [0, 0.05) is 21.9 Å². The van der Waals surface area contributed by atoms with E-state index >= 15 is 0 Å². The molecule has 1 unspecified atom stereocenters. The molecule has 0 saturated heterocycles. The molecule has 2 aromatic rings. The third-order valence-electron chi connectivity index (χ3n) is 4.42. The van der Waals surface area contributed by atoms with E-state index in [2.05, 4.69) is 23.3 Å². The average Bonchev–Trinajstić information content (AvgIpc) is 3.26. The fourth-order valence-corrected chi connectivity index (χ4v) is 4.82. The van der Waals surface area contributed by atoms with E-state index in [1.807, 2.05) is 36.6 Å². The van der Waals surface area contributed by atoms with Gasteiger partial charge in [-0.3, -0.25) is 4.79 Å². The van der Waals surface area contributed by atoms with Crippen LogP contribution in [0.3, 0.4) is 0 Å². The number of amides is 1. The molecule has 7 heteroatoms. The molecule has 1 amide bonds. The second-order valence-corrected chi connectivity index (χ2v) is 8.23. The first kappa shape index (κ1) is 20.8. The van der Waals surface area contributed by atoms with Crippen molar-refractivity contribution in [3.8, 4) is 11.8 Å². The van der Waals surface area contributed by atoms with Gasteiger partial charge in [0.25, 0.3) is 5.91 Å². The second-order valence-electron chi connectivity index (χ2n) is 6.22. The number of methoxy groups -OCH3 is 1. The van der Waals surface area contributed by atoms with Crippen LogP contribution in [0, 0.1) is 11.3 Å². The number of hydrogen-bond donors (Lipinski definition) is 2. The molecule has 2 heterocycles. The molecule has 29 heavy (non-hydrogen) atoms. The zero-order valence-corrected chi connectivity index (χ0v) is 17.8. The van der Waals surface area contributed by atoms with Crippen molar-refractivity contribution in [2.75, 3.05) is 18.2 Å². The molecular formula is C22H21N3O2S2. The van der Waals surface area contributed by atoms with Gasteiger partial charge in [-0.1, -0.05) is 24.3 Å². The number of dihydropyridines is 1. The van der Waals surface area contributed by atoms with E-state index < -0.39 is 5.92 Å². The lowest BCUT2D eigenvalue weighted by Crippen LogP contribution is -2.30. The van der Waals surface area contributed by atoms with Gasteiger partial charge in [-0.25, -0.2) is 0 Å². The Morgan fingerprint density at radius 1 is 1.41 bits per heavy atom. The molecule has 2 N–H and O–H groups in total. The van der Waals surface area contributed by atoms with Crippen molar-refractivity contribution in [1.82, 2.24) is 5.32 Å². The van der Waals surface area contributed by atoms with Crippen LogP contribution in [0.15, 0.2) is 76.3 Å². The Labute approximate surface area is 178 Å². The van der Waals surface area contributed by atoms with Crippen LogP contribution < -0.4 is 15.4 Å². The highest BCUT2D eigenvalue weighted by Gasteiger charge is 2.35. The van der Waals surface area contributed by atoms with Crippen molar-refractivity contribution < 1.29 is 9.53 Å². The summed E-state index contributed by atoms with van der Waals surface area (Å²) in [5.74, 6) is 0.552. The molecule has 148 valence electrons. The predicted molar refractivity (Wildman–Crippen MR) is 120 cm³/mol. The summed E-state index contributed by atoms with van der Waals surface area (Å²) < 4.78 is 5.34. The number of rotatable bonds is 7. The van der Waals surface area contributed by atoms with Crippen molar-refractivity contribution in [3.05, 3.63) is 81.2 Å². The average molecular weight is 424 g/mol. The third kappa shape index (κ3) is 4.39. The first-order chi connectivity index (χ1) is 14.1. The number of ether oxygens (including phenoxy) is 1. The Balaban J connectivity index is 2.03. The maximum Gasteiger partial charge on any atom is 0.254 e. The van der Waals surface area contributed by atoms with Gasteiger partial charge in [0.1, 0.15) is 5.75 Å². The number of nitrogens with zero attached hydrogens (tertiary/aromatic N) is 1. The van der Waals surface area contributed by atoms with Crippen LogP contribution in [0.25, 0.3) is 0 Å². The summed E-state index contributed by atoms with van der Waals surface area (Å²) in [6, 6.07) is 13.5. The van der Waals surface area contributed by atoms with Crippen LogP contribution in [-0.4, -0.2) is 18.8 Å². The minimum absolute atomic E-state index is 0.265. The molecular weight excluding hydrogens is 402 g/mol. The van der Waals surface area contributed by atoms with Crippen molar-refractivity contribution in [1.29, 1.82) is 5.26 Å². The minimum Gasteiger partial charge on any atom is -0.495 e. The Kier molecular flexibility index (Phi) is 6.81. The molecule has 0 fully saturated rings. The summed E-state index contributed by atoms with van der Waals surface area (Å²) in [5.41, 5.74) is 2.37. The molecule has 5 nitrogen and oxygen atoms in total. The van der Waals surface area contributed by atoms with Crippen LogP contribution in [0.4, 0.5) is 5.69 Å². The van der Waals surface area contributed by atoms with E-state index in [1.54, 1.807) is 25.3 Å². The summed E-state index contributed by atoms with van der Waals surface area (Å²) >= 11 is 3.04. The van der Waals surface area contributed by atoms with Crippen LogP contribution in [0.5, 0.6) is 5.75 Å². The number of thiophene rings is 1. The summed E-state index contributed by atoms with van der Waals surface area (Å²) in [4.78, 5) is 14.3. The number of thioether (sulfide) groups is 1. The van der Waals surface area contributed by atoms with Crippen LogP contribution in [0.1, 0.15) is 17.7 Å². The van der Waals surface area contributed by atoms with Gasteiger partial charge in [-0.2, -0.15) is 5.26 Å². The first-order valence-corrected chi connectivity index (χ1v) is 10.8. The van der Waals surface area contributed by atoms with Crippen LogP contribution in [0.2, 0.25) is 0 Å². The van der Waals surface area contributed by atoms with E-state index in [0.717, 1.165) is 15.6 Å². The molecule has 0 bridgehead atoms. The highest BCUT2D eigenvalue weighted by Crippen LogP contribution is 2.42. The predicted octanol–water partition coefficient (Wildman–Crippen LogP) is 5.01. The number of carbonyl (C=O) groups excluding carboxylic acids is 1. The van der Waals surface area contributed by atoms with Gasteiger partial charge < -0.3 is 15.4 Å². The summed E-state index contributed by atoms with van der Waals surface area (Å²) in [5, 5.41) is 18.8. The molecule has 1 aromatic carbocycles. The van der Waals surface area contributed by atoms with E-state index in [4.69, 9.17) is 4.74 Å². The normalized spacial score (nSPS) is 16.1. The van der Waals surface area contributed by atoms with Crippen molar-refractivity contribution in [3.63, 3.8) is 0 Å². The van der Waals surface area contributed by atoms with E-state index in [9.17, 15) is 10.1 Å². The van der Waals surface area contributed by atoms with Crippen molar-refractivity contribution in [2.45, 2.75) is 12.8 Å². The molecule has 1 aliphatic rings.